The molecule has 0 rings (SSSR count). The zero-order chi connectivity index (χ0) is 34.5. The van der Waals surface area contributed by atoms with Crippen molar-refractivity contribution < 1.29 is 33.1 Å². The minimum absolute atomic E-state index is 0.0772. The van der Waals surface area contributed by atoms with Crippen molar-refractivity contribution in [3.05, 3.63) is 0 Å². The molecule has 2 unspecified atom stereocenters. The minimum atomic E-state index is -4.25. The molecule has 0 amide bonds. The Kier molecular flexibility index (Phi) is 36.4. The van der Waals surface area contributed by atoms with Gasteiger partial charge in [-0.2, -0.15) is 0 Å². The van der Waals surface area contributed by atoms with Crippen molar-refractivity contribution in [2.45, 2.75) is 212 Å². The molecule has 0 saturated carbocycles. The van der Waals surface area contributed by atoms with E-state index in [9.17, 15) is 19.4 Å². The zero-order valence-corrected chi connectivity index (χ0v) is 31.7. The second kappa shape index (κ2) is 36.8. The van der Waals surface area contributed by atoms with Gasteiger partial charge < -0.3 is 20.5 Å². The van der Waals surface area contributed by atoms with Crippen molar-refractivity contribution >= 4 is 13.8 Å². The average Bonchev–Trinajstić information content (AvgIpc) is 3.06. The van der Waals surface area contributed by atoms with Gasteiger partial charge in [0.05, 0.1) is 13.2 Å². The van der Waals surface area contributed by atoms with Gasteiger partial charge in [0, 0.05) is 13.0 Å². The Labute approximate surface area is 290 Å². The van der Waals surface area contributed by atoms with E-state index in [2.05, 4.69) is 16.0 Å². The highest BCUT2D eigenvalue weighted by Gasteiger charge is 2.22. The first-order chi connectivity index (χ1) is 22.9. The van der Waals surface area contributed by atoms with E-state index in [0.29, 0.717) is 6.42 Å². The number of rotatable bonds is 39. The van der Waals surface area contributed by atoms with Gasteiger partial charge >= 0.3 is 13.8 Å². The van der Waals surface area contributed by atoms with Gasteiger partial charge in [-0.05, 0) is 6.42 Å². The second-order valence-electron chi connectivity index (χ2n) is 13.7. The van der Waals surface area contributed by atoms with E-state index in [1.165, 1.54) is 173 Å². The van der Waals surface area contributed by atoms with E-state index in [1.54, 1.807) is 0 Å². The highest BCUT2D eigenvalue weighted by Crippen LogP contribution is 2.42. The molecule has 282 valence electrons. The van der Waals surface area contributed by atoms with E-state index in [4.69, 9.17) is 10.5 Å². The quantitative estimate of drug-likeness (QED) is 0.0330. The summed E-state index contributed by atoms with van der Waals surface area (Å²) in [6.07, 6.45) is 40.1. The summed E-state index contributed by atoms with van der Waals surface area (Å²) in [4.78, 5) is 21.2. The lowest BCUT2D eigenvalue weighted by Gasteiger charge is -2.15. The third-order valence-electron chi connectivity index (χ3n) is 8.97. The number of ether oxygens (including phenoxy) is 1. The van der Waals surface area contributed by atoms with Crippen LogP contribution >= 0.6 is 7.82 Å². The summed E-state index contributed by atoms with van der Waals surface area (Å²) >= 11 is 0. The second-order valence-corrected chi connectivity index (χ2v) is 15.2. The molecule has 0 radical (unpaired) electrons. The largest absolute Gasteiger partial charge is 0.472 e. The Hall–Kier alpha value is -0.500. The number of unbranched alkanes of at least 4 members (excludes halogenated alkanes) is 29. The number of phosphoric ester groups is 1. The van der Waals surface area contributed by atoms with E-state index in [0.717, 1.165) is 19.3 Å². The van der Waals surface area contributed by atoms with Crippen molar-refractivity contribution in [3.8, 4) is 0 Å². The number of hydrogen-bond acceptors (Lipinski definition) is 7. The molecule has 0 spiro atoms. The van der Waals surface area contributed by atoms with Crippen LogP contribution in [-0.2, 0) is 23.1 Å². The van der Waals surface area contributed by atoms with Gasteiger partial charge in [0.25, 0.3) is 0 Å². The fourth-order valence-electron chi connectivity index (χ4n) is 5.99. The third kappa shape index (κ3) is 38.2. The zero-order valence-electron chi connectivity index (χ0n) is 30.8. The average molecular weight is 692 g/mol. The Balaban J connectivity index is 3.24. The maximum Gasteiger partial charge on any atom is 0.472 e. The first-order valence-corrected chi connectivity index (χ1v) is 21.6. The Bertz CT molecular complexity index is 697. The van der Waals surface area contributed by atoms with Gasteiger partial charge in [-0.3, -0.25) is 13.8 Å². The molecular weight excluding hydrogens is 613 g/mol. The Morgan fingerprint density at radius 1 is 0.553 bits per heavy atom. The summed E-state index contributed by atoms with van der Waals surface area (Å²) in [5.41, 5.74) is 5.20. The van der Waals surface area contributed by atoms with Crippen molar-refractivity contribution in [2.75, 3.05) is 26.4 Å². The maximum absolute atomic E-state index is 11.8. The molecule has 0 aliphatic carbocycles. The number of nitrogens with two attached hydrogens (primary N) is 1. The molecular formula is C38H78NO7P. The molecule has 0 bridgehead atoms. The van der Waals surface area contributed by atoms with Crippen LogP contribution in [0.4, 0.5) is 0 Å². The van der Waals surface area contributed by atoms with Gasteiger partial charge in [-0.25, -0.2) is 4.57 Å². The molecule has 2 atom stereocenters. The van der Waals surface area contributed by atoms with Crippen LogP contribution in [0.2, 0.25) is 0 Å². The molecule has 4 N–H and O–H groups in total. The van der Waals surface area contributed by atoms with Crippen LogP contribution in [0.3, 0.4) is 0 Å². The first-order valence-electron chi connectivity index (χ1n) is 20.1. The smallest absolute Gasteiger partial charge is 0.463 e. The molecule has 0 heterocycles. The number of aliphatic hydroxyl groups excluding tert-OH is 1. The van der Waals surface area contributed by atoms with Gasteiger partial charge in [0.1, 0.15) is 12.7 Å². The van der Waals surface area contributed by atoms with E-state index in [-0.39, 0.29) is 25.7 Å². The summed E-state index contributed by atoms with van der Waals surface area (Å²) in [5.74, 6) is -0.379. The summed E-state index contributed by atoms with van der Waals surface area (Å²) in [6, 6.07) is 0. The molecule has 0 aromatic rings. The normalized spacial score (nSPS) is 13.5. The number of carbonyl (C=O) groups is 1. The van der Waals surface area contributed by atoms with Crippen molar-refractivity contribution in [1.29, 1.82) is 0 Å². The highest BCUT2D eigenvalue weighted by atomic mass is 31.2. The predicted molar refractivity (Wildman–Crippen MR) is 197 cm³/mol. The summed E-state index contributed by atoms with van der Waals surface area (Å²) in [7, 11) is -4.25. The molecule has 0 aromatic heterocycles. The number of phosphoric acid groups is 1. The molecule has 0 fully saturated rings. The molecule has 0 aliphatic rings. The number of aliphatic hydroxyl groups is 1. The monoisotopic (exact) mass is 692 g/mol. The molecule has 47 heavy (non-hydrogen) atoms. The van der Waals surface area contributed by atoms with Gasteiger partial charge in [0.2, 0.25) is 0 Å². The fraction of sp³-hybridized carbons (Fsp3) is 0.974. The van der Waals surface area contributed by atoms with Gasteiger partial charge in [-0.1, -0.05) is 193 Å². The van der Waals surface area contributed by atoms with Crippen LogP contribution in [0.25, 0.3) is 0 Å². The highest BCUT2D eigenvalue weighted by molar-refractivity contribution is 7.47. The maximum atomic E-state index is 11.8. The van der Waals surface area contributed by atoms with Gasteiger partial charge in [-0.15, -0.1) is 0 Å². The Morgan fingerprint density at radius 2 is 0.872 bits per heavy atom. The van der Waals surface area contributed by atoms with Crippen LogP contribution in [0, 0.1) is 0 Å². The molecule has 8 nitrogen and oxygen atoms in total. The predicted octanol–water partition coefficient (Wildman–Crippen LogP) is 11.1. The molecule has 9 heteroatoms. The molecule has 0 saturated heterocycles. The van der Waals surface area contributed by atoms with Crippen molar-refractivity contribution in [2.24, 2.45) is 5.73 Å². The van der Waals surface area contributed by atoms with Gasteiger partial charge in [0.15, 0.2) is 0 Å². The van der Waals surface area contributed by atoms with Crippen LogP contribution < -0.4 is 5.73 Å². The van der Waals surface area contributed by atoms with Crippen LogP contribution in [-0.4, -0.2) is 48.4 Å². The van der Waals surface area contributed by atoms with E-state index >= 15 is 0 Å². The van der Waals surface area contributed by atoms with Crippen LogP contribution in [0.1, 0.15) is 206 Å². The van der Waals surface area contributed by atoms with Crippen molar-refractivity contribution in [3.63, 3.8) is 0 Å². The molecule has 0 aromatic carbocycles. The summed E-state index contributed by atoms with van der Waals surface area (Å²) < 4.78 is 25.7. The Morgan fingerprint density at radius 3 is 1.19 bits per heavy atom. The van der Waals surface area contributed by atoms with E-state index in [1.807, 2.05) is 0 Å². The number of carbonyl (C=O) groups excluding carboxylic acids is 1. The summed E-state index contributed by atoms with van der Waals surface area (Å²) in [6.45, 7) is 1.49. The SMILES string of the molecule is CCCCCCCCCCCCCCCCCCCCCCCCCCCCCCCCC(=O)OCC(O)COP(=O)(O)OCCN. The number of hydrogen-bond donors (Lipinski definition) is 3. The van der Waals surface area contributed by atoms with Crippen LogP contribution in [0.15, 0.2) is 0 Å². The third-order valence-corrected chi connectivity index (χ3v) is 9.96. The van der Waals surface area contributed by atoms with Crippen LogP contribution in [0.5, 0.6) is 0 Å². The lowest BCUT2D eigenvalue weighted by Crippen LogP contribution is -2.23. The van der Waals surface area contributed by atoms with E-state index < -0.39 is 20.5 Å². The topological polar surface area (TPSA) is 128 Å². The lowest BCUT2D eigenvalue weighted by atomic mass is 10.0. The molecule has 0 aliphatic heterocycles. The minimum Gasteiger partial charge on any atom is -0.463 e. The number of esters is 1. The summed E-state index contributed by atoms with van der Waals surface area (Å²) in [5, 5.41) is 9.76. The first kappa shape index (κ1) is 46.5. The standard InChI is InChI=1S/C38H78NO7P/c1-2-3-4-5-6-7-8-9-10-11-12-13-14-15-16-17-18-19-20-21-22-23-24-25-26-27-28-29-30-31-32-38(41)44-35-37(40)36-46-47(42,43)45-34-33-39/h37,40H,2-36,39H2,1H3,(H,42,43). The fourth-order valence-corrected chi connectivity index (χ4v) is 6.76. The lowest BCUT2D eigenvalue weighted by molar-refractivity contribution is -0.147. The van der Waals surface area contributed by atoms with Crippen molar-refractivity contribution in [1.82, 2.24) is 0 Å².